The molecule has 92 valence electrons. The molecule has 0 spiro atoms. The van der Waals surface area contributed by atoms with Gasteiger partial charge in [-0.1, -0.05) is 37.3 Å². The zero-order valence-electron chi connectivity index (χ0n) is 10.4. The van der Waals surface area contributed by atoms with Crippen molar-refractivity contribution >= 4 is 17.3 Å². The van der Waals surface area contributed by atoms with Crippen LogP contribution in [0.1, 0.15) is 25.3 Å². The molecule has 0 amide bonds. The van der Waals surface area contributed by atoms with E-state index in [0.717, 1.165) is 30.7 Å². The van der Waals surface area contributed by atoms with Crippen LogP contribution in [0.2, 0.25) is 0 Å². The van der Waals surface area contributed by atoms with Crippen molar-refractivity contribution < 1.29 is 0 Å². The first kappa shape index (κ1) is 12.4. The molecule has 0 aromatic heterocycles. The number of hydrogen-bond acceptors (Lipinski definition) is 1. The molecule has 1 aliphatic heterocycles. The van der Waals surface area contributed by atoms with Crippen molar-refractivity contribution in [1.29, 1.82) is 0 Å². The molecule has 2 rings (SSSR count). The number of nitrogens with zero attached hydrogens (tertiary/aromatic N) is 1. The number of nitrogens with one attached hydrogen (secondary N) is 1. The Kier molecular flexibility index (Phi) is 4.37. The zero-order valence-corrected chi connectivity index (χ0v) is 11.2. The molecule has 1 aliphatic rings. The van der Waals surface area contributed by atoms with Crippen molar-refractivity contribution in [2.75, 3.05) is 13.1 Å². The second kappa shape index (κ2) is 6.01. The van der Waals surface area contributed by atoms with Gasteiger partial charge in [0.05, 0.1) is 0 Å². The molecule has 1 atom stereocenters. The summed E-state index contributed by atoms with van der Waals surface area (Å²) in [5, 5.41) is 4.25. The van der Waals surface area contributed by atoms with Crippen molar-refractivity contribution in [2.45, 2.75) is 26.3 Å². The smallest absolute Gasteiger partial charge is 0.169 e. The number of benzene rings is 1. The molecule has 1 fully saturated rings. The summed E-state index contributed by atoms with van der Waals surface area (Å²) in [6.45, 7) is 5.32. The molecule has 1 heterocycles. The van der Waals surface area contributed by atoms with E-state index in [1.54, 1.807) is 0 Å². The van der Waals surface area contributed by atoms with Crippen molar-refractivity contribution in [1.82, 2.24) is 10.2 Å². The molecule has 1 saturated heterocycles. The quantitative estimate of drug-likeness (QED) is 0.810. The third-order valence-corrected chi connectivity index (χ3v) is 3.63. The fourth-order valence-corrected chi connectivity index (χ4v) is 2.50. The highest BCUT2D eigenvalue weighted by molar-refractivity contribution is 7.80. The van der Waals surface area contributed by atoms with Gasteiger partial charge in [-0.2, -0.15) is 0 Å². The van der Waals surface area contributed by atoms with Crippen LogP contribution < -0.4 is 5.32 Å². The highest BCUT2D eigenvalue weighted by Gasteiger charge is 2.17. The maximum atomic E-state index is 5.44. The minimum absolute atomic E-state index is 0.764. The van der Waals surface area contributed by atoms with Crippen LogP contribution in [0.5, 0.6) is 0 Å². The molecule has 0 aliphatic carbocycles. The molecule has 1 aromatic rings. The van der Waals surface area contributed by atoms with Gasteiger partial charge in [-0.15, -0.1) is 0 Å². The van der Waals surface area contributed by atoms with Crippen LogP contribution in [0.4, 0.5) is 0 Å². The molecule has 0 radical (unpaired) electrons. The Balaban J connectivity index is 1.81. The summed E-state index contributed by atoms with van der Waals surface area (Å²) >= 11 is 5.44. The van der Waals surface area contributed by atoms with Gasteiger partial charge in [-0.25, -0.2) is 0 Å². The standard InChI is InChI=1S/C14H20N2S/c1-12-6-5-9-16(11-12)14(17)15-10-13-7-3-2-4-8-13/h2-4,7-8,12H,5-6,9-11H2,1H3,(H,15,17)/t12-/m0/s1. The molecule has 0 unspecified atom stereocenters. The molecule has 0 saturated carbocycles. The van der Waals surface area contributed by atoms with Gasteiger partial charge in [0.15, 0.2) is 5.11 Å². The van der Waals surface area contributed by atoms with Crippen molar-refractivity contribution in [2.24, 2.45) is 5.92 Å². The molecule has 1 aromatic carbocycles. The Bertz CT molecular complexity index is 364. The maximum absolute atomic E-state index is 5.44. The van der Waals surface area contributed by atoms with Crippen molar-refractivity contribution in [3.05, 3.63) is 35.9 Å². The highest BCUT2D eigenvalue weighted by atomic mass is 32.1. The SMILES string of the molecule is C[C@H]1CCCN(C(=S)NCc2ccccc2)C1. The van der Waals surface area contributed by atoms with Crippen LogP contribution >= 0.6 is 12.2 Å². The number of hydrogen-bond donors (Lipinski definition) is 1. The Labute approximate surface area is 109 Å². The average Bonchev–Trinajstić information content (AvgIpc) is 2.37. The van der Waals surface area contributed by atoms with Crippen molar-refractivity contribution in [3.63, 3.8) is 0 Å². The van der Waals surface area contributed by atoms with E-state index in [9.17, 15) is 0 Å². The minimum atomic E-state index is 0.764. The lowest BCUT2D eigenvalue weighted by molar-refractivity contribution is 0.270. The van der Waals surface area contributed by atoms with Crippen LogP contribution in [-0.4, -0.2) is 23.1 Å². The Morgan fingerprint density at radius 1 is 1.41 bits per heavy atom. The Hall–Kier alpha value is -1.09. The van der Waals surface area contributed by atoms with E-state index in [1.807, 2.05) is 6.07 Å². The summed E-state index contributed by atoms with van der Waals surface area (Å²) in [5.41, 5.74) is 1.28. The largest absolute Gasteiger partial charge is 0.358 e. The fraction of sp³-hybridized carbons (Fsp3) is 0.500. The van der Waals surface area contributed by atoms with Gasteiger partial charge in [0.1, 0.15) is 0 Å². The second-order valence-electron chi connectivity index (χ2n) is 4.84. The molecular formula is C14H20N2S. The maximum Gasteiger partial charge on any atom is 0.169 e. The van der Waals surface area contributed by atoms with Gasteiger partial charge in [-0.05, 0) is 36.5 Å². The number of likely N-dealkylation sites (tertiary alicyclic amines) is 1. The van der Waals surface area contributed by atoms with Gasteiger partial charge in [0.2, 0.25) is 0 Å². The molecule has 0 bridgehead atoms. The van der Waals surface area contributed by atoms with Gasteiger partial charge in [0, 0.05) is 19.6 Å². The monoisotopic (exact) mass is 248 g/mol. The van der Waals surface area contributed by atoms with Gasteiger partial charge in [-0.3, -0.25) is 0 Å². The summed E-state index contributed by atoms with van der Waals surface area (Å²) in [6.07, 6.45) is 2.59. The molecule has 3 heteroatoms. The number of thiocarbonyl (C=S) groups is 1. The summed E-state index contributed by atoms with van der Waals surface area (Å²) in [4.78, 5) is 2.30. The topological polar surface area (TPSA) is 15.3 Å². The van der Waals surface area contributed by atoms with E-state index in [4.69, 9.17) is 12.2 Å². The lowest BCUT2D eigenvalue weighted by atomic mass is 10.0. The lowest BCUT2D eigenvalue weighted by Gasteiger charge is -2.33. The van der Waals surface area contributed by atoms with E-state index >= 15 is 0 Å². The first-order valence-electron chi connectivity index (χ1n) is 6.32. The van der Waals surface area contributed by atoms with E-state index < -0.39 is 0 Å². The van der Waals surface area contributed by atoms with E-state index in [1.165, 1.54) is 18.4 Å². The van der Waals surface area contributed by atoms with Crippen LogP contribution in [0.3, 0.4) is 0 Å². The summed E-state index contributed by atoms with van der Waals surface area (Å²) in [5.74, 6) is 0.764. The second-order valence-corrected chi connectivity index (χ2v) is 5.22. The van der Waals surface area contributed by atoms with Gasteiger partial charge >= 0.3 is 0 Å². The lowest BCUT2D eigenvalue weighted by Crippen LogP contribution is -2.44. The van der Waals surface area contributed by atoms with Gasteiger partial charge < -0.3 is 10.2 Å². The first-order chi connectivity index (χ1) is 8.25. The minimum Gasteiger partial charge on any atom is -0.358 e. The number of piperidine rings is 1. The van der Waals surface area contributed by atoms with Crippen LogP contribution in [0.15, 0.2) is 30.3 Å². The number of rotatable bonds is 2. The zero-order chi connectivity index (χ0) is 12.1. The highest BCUT2D eigenvalue weighted by Crippen LogP contribution is 2.15. The summed E-state index contributed by atoms with van der Waals surface area (Å²) in [6, 6.07) is 10.4. The van der Waals surface area contributed by atoms with E-state index in [0.29, 0.717) is 0 Å². The van der Waals surface area contributed by atoms with E-state index in [2.05, 4.69) is 41.4 Å². The Morgan fingerprint density at radius 2 is 2.18 bits per heavy atom. The predicted octanol–water partition coefficient (Wildman–Crippen LogP) is 2.79. The first-order valence-corrected chi connectivity index (χ1v) is 6.73. The average molecular weight is 248 g/mol. The molecular weight excluding hydrogens is 228 g/mol. The van der Waals surface area contributed by atoms with Crippen LogP contribution in [0, 0.1) is 5.92 Å². The van der Waals surface area contributed by atoms with Gasteiger partial charge in [0.25, 0.3) is 0 Å². The predicted molar refractivity (Wildman–Crippen MR) is 75.9 cm³/mol. The van der Waals surface area contributed by atoms with Crippen LogP contribution in [-0.2, 0) is 6.54 Å². The van der Waals surface area contributed by atoms with Crippen molar-refractivity contribution in [3.8, 4) is 0 Å². The molecule has 17 heavy (non-hydrogen) atoms. The van der Waals surface area contributed by atoms with Crippen LogP contribution in [0.25, 0.3) is 0 Å². The third-order valence-electron chi connectivity index (χ3n) is 3.23. The fourth-order valence-electron chi connectivity index (χ4n) is 2.26. The van der Waals surface area contributed by atoms with E-state index in [-0.39, 0.29) is 0 Å². The summed E-state index contributed by atoms with van der Waals surface area (Å²) in [7, 11) is 0. The normalized spacial score (nSPS) is 20.1. The summed E-state index contributed by atoms with van der Waals surface area (Å²) < 4.78 is 0. The third kappa shape index (κ3) is 3.70. The Morgan fingerprint density at radius 3 is 2.88 bits per heavy atom. The molecule has 1 N–H and O–H groups in total. The molecule has 2 nitrogen and oxygen atoms in total.